The third kappa shape index (κ3) is 1.50. The number of hydrogen-bond acceptors (Lipinski definition) is 0. The fourth-order valence-electron chi connectivity index (χ4n) is 0.955. The van der Waals surface area contributed by atoms with Crippen LogP contribution >= 0.6 is 0 Å². The Morgan fingerprint density at radius 2 is 1.92 bits per heavy atom. The van der Waals surface area contributed by atoms with E-state index >= 15 is 0 Å². The van der Waals surface area contributed by atoms with Crippen molar-refractivity contribution in [1.82, 2.24) is 0 Å². The van der Waals surface area contributed by atoms with Gasteiger partial charge in [-0.2, -0.15) is 8.78 Å². The van der Waals surface area contributed by atoms with Gasteiger partial charge in [-0.3, -0.25) is 0 Å². The molecule has 1 rings (SSSR count). The lowest BCUT2D eigenvalue weighted by atomic mass is 9.98. The highest BCUT2D eigenvalue weighted by Crippen LogP contribution is 2.39. The number of alkyl halides is 3. The molecule has 0 fully saturated rings. The molecule has 0 heterocycles. The number of rotatable bonds is 1. The number of halogens is 5. The summed E-state index contributed by atoms with van der Waals surface area (Å²) in [4.78, 5) is 0. The van der Waals surface area contributed by atoms with E-state index in [1.54, 1.807) is 0 Å². The summed E-state index contributed by atoms with van der Waals surface area (Å²) in [6.45, 7) is 2.92. The van der Waals surface area contributed by atoms with Crippen molar-refractivity contribution >= 4 is 0 Å². The molecule has 0 aromatic rings. The normalized spacial score (nSPS) is 27.2. The van der Waals surface area contributed by atoms with Crippen LogP contribution < -0.4 is 0 Å². The van der Waals surface area contributed by atoms with Gasteiger partial charge < -0.3 is 0 Å². The molecule has 72 valence electrons. The summed E-state index contributed by atoms with van der Waals surface area (Å²) in [6, 6.07) is 0. The minimum absolute atomic E-state index is 0.375. The van der Waals surface area contributed by atoms with E-state index in [1.165, 1.54) is 0 Å². The number of allylic oxidation sites excluding steroid dienone is 5. The molecule has 13 heavy (non-hydrogen) atoms. The molecule has 0 nitrogen and oxygen atoms in total. The van der Waals surface area contributed by atoms with Gasteiger partial charge in [0.25, 0.3) is 0 Å². The molecule has 0 saturated carbocycles. The molecule has 1 aliphatic carbocycles. The summed E-state index contributed by atoms with van der Waals surface area (Å²) in [5.41, 5.74) is -1.05. The first-order valence-electron chi connectivity index (χ1n) is 3.33. The predicted molar refractivity (Wildman–Crippen MR) is 37.4 cm³/mol. The van der Waals surface area contributed by atoms with Crippen LogP contribution in [-0.4, -0.2) is 12.1 Å². The van der Waals surface area contributed by atoms with Gasteiger partial charge in [-0.15, -0.1) is 0 Å². The average molecular weight is 196 g/mol. The van der Waals surface area contributed by atoms with Crippen molar-refractivity contribution in [3.63, 3.8) is 0 Å². The molecule has 1 aliphatic rings. The van der Waals surface area contributed by atoms with Gasteiger partial charge in [-0.05, 0) is 0 Å². The van der Waals surface area contributed by atoms with E-state index in [4.69, 9.17) is 0 Å². The Labute approximate surface area is 71.0 Å². The molecule has 0 aromatic carbocycles. The Hall–Kier alpha value is -1.13. The van der Waals surface area contributed by atoms with Crippen molar-refractivity contribution < 1.29 is 22.0 Å². The largest absolute Gasteiger partial charge is 0.304 e. The van der Waals surface area contributed by atoms with Crippen LogP contribution in [0.5, 0.6) is 0 Å². The lowest BCUT2D eigenvalue weighted by Gasteiger charge is -2.22. The van der Waals surface area contributed by atoms with E-state index in [1.807, 2.05) is 0 Å². The Kier molecular flexibility index (Phi) is 2.28. The first kappa shape index (κ1) is 9.95. The molecule has 0 spiro atoms. The molecule has 0 radical (unpaired) electrons. The van der Waals surface area contributed by atoms with Crippen LogP contribution in [0.3, 0.4) is 0 Å². The van der Waals surface area contributed by atoms with Crippen molar-refractivity contribution in [2.45, 2.75) is 12.1 Å². The molecule has 1 unspecified atom stereocenters. The van der Waals surface area contributed by atoms with E-state index in [2.05, 4.69) is 6.58 Å². The Morgan fingerprint density at radius 1 is 1.38 bits per heavy atom. The average Bonchev–Trinajstić information content (AvgIpc) is 2.02. The maximum atomic E-state index is 12.7. The quantitative estimate of drug-likeness (QED) is 0.565. The highest BCUT2D eigenvalue weighted by molar-refractivity contribution is 5.41. The highest BCUT2D eigenvalue weighted by atomic mass is 19.3. The highest BCUT2D eigenvalue weighted by Gasteiger charge is 2.45. The van der Waals surface area contributed by atoms with Crippen molar-refractivity contribution in [3.8, 4) is 0 Å². The van der Waals surface area contributed by atoms with Crippen molar-refractivity contribution in [2.24, 2.45) is 0 Å². The van der Waals surface area contributed by atoms with Gasteiger partial charge in [0.2, 0.25) is 0 Å². The summed E-state index contributed by atoms with van der Waals surface area (Å²) in [6.07, 6.45) is -2.70. The maximum Gasteiger partial charge on any atom is 0.304 e. The fraction of sp³-hybridized carbons (Fsp3) is 0.250. The van der Waals surface area contributed by atoms with Gasteiger partial charge >= 0.3 is 5.92 Å². The molecule has 5 heteroatoms. The lowest BCUT2D eigenvalue weighted by molar-refractivity contribution is -0.0153. The van der Waals surface area contributed by atoms with Crippen molar-refractivity contribution in [1.29, 1.82) is 0 Å². The standard InChI is InChI=1S/C8H5F5/c1-2-4-6(10)5(9)3-8(12,13)7(4)11/h2-3,7H,1H2. The van der Waals surface area contributed by atoms with Crippen LogP contribution in [-0.2, 0) is 0 Å². The summed E-state index contributed by atoms with van der Waals surface area (Å²) >= 11 is 0. The SMILES string of the molecule is C=CC1=C(F)C(F)=CC(F)(F)C1F. The van der Waals surface area contributed by atoms with Gasteiger partial charge in [0.05, 0.1) is 0 Å². The third-order valence-corrected chi connectivity index (χ3v) is 1.61. The zero-order valence-corrected chi connectivity index (χ0v) is 6.33. The molecular formula is C8H5F5. The second kappa shape index (κ2) is 2.97. The lowest BCUT2D eigenvalue weighted by Crippen LogP contribution is -2.32. The van der Waals surface area contributed by atoms with Crippen LogP contribution in [0.25, 0.3) is 0 Å². The van der Waals surface area contributed by atoms with Gasteiger partial charge in [0.1, 0.15) is 0 Å². The first-order chi connectivity index (χ1) is 5.90. The monoisotopic (exact) mass is 196 g/mol. The third-order valence-electron chi connectivity index (χ3n) is 1.61. The molecule has 0 aromatic heterocycles. The smallest absolute Gasteiger partial charge is 0.235 e. The molecule has 0 aliphatic heterocycles. The summed E-state index contributed by atoms with van der Waals surface area (Å²) < 4.78 is 62.8. The van der Waals surface area contributed by atoms with Crippen LogP contribution in [0, 0.1) is 0 Å². The Balaban J connectivity index is 3.24. The fourth-order valence-corrected chi connectivity index (χ4v) is 0.955. The molecule has 0 amide bonds. The van der Waals surface area contributed by atoms with Gasteiger partial charge in [0, 0.05) is 11.6 Å². The van der Waals surface area contributed by atoms with Gasteiger partial charge in [0.15, 0.2) is 17.8 Å². The minimum atomic E-state index is -4.01. The summed E-state index contributed by atoms with van der Waals surface area (Å²) in [5.74, 6) is -7.38. The second-order valence-corrected chi connectivity index (χ2v) is 2.50. The topological polar surface area (TPSA) is 0 Å². The van der Waals surface area contributed by atoms with Crippen molar-refractivity contribution in [3.05, 3.63) is 36.0 Å². The predicted octanol–water partition coefficient (Wildman–Crippen LogP) is 3.24. The first-order valence-corrected chi connectivity index (χ1v) is 3.33. The molecule has 0 N–H and O–H groups in total. The van der Waals surface area contributed by atoms with Crippen LogP contribution in [0.4, 0.5) is 22.0 Å². The van der Waals surface area contributed by atoms with E-state index < -0.39 is 29.3 Å². The van der Waals surface area contributed by atoms with Crippen molar-refractivity contribution in [2.75, 3.05) is 0 Å². The molecule has 0 bridgehead atoms. The molecular weight excluding hydrogens is 191 g/mol. The molecule has 0 saturated heterocycles. The maximum absolute atomic E-state index is 12.7. The zero-order chi connectivity index (χ0) is 10.2. The van der Waals surface area contributed by atoms with Crippen LogP contribution in [0.15, 0.2) is 36.0 Å². The molecule has 1 atom stereocenters. The number of hydrogen-bond donors (Lipinski definition) is 0. The van der Waals surface area contributed by atoms with Crippen LogP contribution in [0.1, 0.15) is 0 Å². The van der Waals surface area contributed by atoms with E-state index in [-0.39, 0.29) is 6.08 Å². The minimum Gasteiger partial charge on any atom is -0.235 e. The summed E-state index contributed by atoms with van der Waals surface area (Å²) in [7, 11) is 0. The Morgan fingerprint density at radius 3 is 2.38 bits per heavy atom. The van der Waals surface area contributed by atoms with Gasteiger partial charge in [-0.25, -0.2) is 13.2 Å². The summed E-state index contributed by atoms with van der Waals surface area (Å²) in [5, 5.41) is 0. The second-order valence-electron chi connectivity index (χ2n) is 2.50. The van der Waals surface area contributed by atoms with E-state index in [0.29, 0.717) is 6.08 Å². The van der Waals surface area contributed by atoms with Crippen LogP contribution in [0.2, 0.25) is 0 Å². The van der Waals surface area contributed by atoms with E-state index in [9.17, 15) is 22.0 Å². The zero-order valence-electron chi connectivity index (χ0n) is 6.33. The Bertz CT molecular complexity index is 300. The van der Waals surface area contributed by atoms with Gasteiger partial charge in [-0.1, -0.05) is 12.7 Å². The van der Waals surface area contributed by atoms with E-state index in [0.717, 1.165) is 0 Å².